The van der Waals surface area contributed by atoms with E-state index in [2.05, 4.69) is 5.10 Å². The third kappa shape index (κ3) is 3.47. The molecule has 0 amide bonds. The van der Waals surface area contributed by atoms with E-state index in [4.69, 9.17) is 16.9 Å². The van der Waals surface area contributed by atoms with Gasteiger partial charge in [-0.2, -0.15) is 10.4 Å². The van der Waals surface area contributed by atoms with Crippen LogP contribution in [-0.2, 0) is 22.8 Å². The van der Waals surface area contributed by atoms with E-state index in [1.165, 1.54) is 4.68 Å². The topological polar surface area (TPSA) is 75.8 Å². The van der Waals surface area contributed by atoms with Crippen LogP contribution >= 0.6 is 11.6 Å². The average Bonchev–Trinajstić information content (AvgIpc) is 2.63. The zero-order chi connectivity index (χ0) is 13.8. The van der Waals surface area contributed by atoms with Gasteiger partial charge in [-0.05, 0) is 6.42 Å². The molecule has 0 aliphatic heterocycles. The summed E-state index contributed by atoms with van der Waals surface area (Å²) in [6.45, 7) is 3.77. The number of rotatable bonds is 6. The highest BCUT2D eigenvalue weighted by molar-refractivity contribution is 7.91. The number of halogens is 1. The minimum atomic E-state index is -3.06. The molecule has 1 aromatic heterocycles. The first-order valence-electron chi connectivity index (χ1n) is 5.80. The normalized spacial score (nSPS) is 11.4. The molecule has 0 atom stereocenters. The Morgan fingerprint density at radius 3 is 2.61 bits per heavy atom. The number of hydrogen-bond donors (Lipinski definition) is 0. The number of aromatic nitrogens is 2. The molecule has 0 radical (unpaired) electrons. The van der Waals surface area contributed by atoms with E-state index in [-0.39, 0.29) is 23.2 Å². The molecule has 0 fully saturated rings. The fourth-order valence-corrected chi connectivity index (χ4v) is 2.54. The Bertz CT molecular complexity index is 558. The molecule has 0 aliphatic rings. The van der Waals surface area contributed by atoms with Crippen LogP contribution in [0.5, 0.6) is 0 Å². The zero-order valence-electron chi connectivity index (χ0n) is 10.5. The predicted octanol–water partition coefficient (Wildman–Crippen LogP) is 1.80. The van der Waals surface area contributed by atoms with Crippen LogP contribution in [0.2, 0.25) is 5.15 Å². The lowest BCUT2D eigenvalue weighted by Gasteiger charge is -2.03. The Balaban J connectivity index is 2.95. The van der Waals surface area contributed by atoms with E-state index < -0.39 is 9.84 Å². The first-order chi connectivity index (χ1) is 8.45. The van der Waals surface area contributed by atoms with Crippen LogP contribution in [0.15, 0.2) is 0 Å². The van der Waals surface area contributed by atoms with E-state index in [1.54, 1.807) is 6.92 Å². The van der Waals surface area contributed by atoms with Gasteiger partial charge in [-0.1, -0.05) is 31.9 Å². The van der Waals surface area contributed by atoms with Crippen molar-refractivity contribution in [3.8, 4) is 6.07 Å². The monoisotopic (exact) mass is 289 g/mol. The third-order valence-corrected chi connectivity index (χ3v) is 4.68. The molecule has 1 aromatic rings. The Labute approximate surface area is 112 Å². The van der Waals surface area contributed by atoms with Crippen LogP contribution in [0.4, 0.5) is 0 Å². The molecule has 7 heteroatoms. The molecule has 5 nitrogen and oxygen atoms in total. The fraction of sp³-hybridized carbons (Fsp3) is 0.636. The van der Waals surface area contributed by atoms with Crippen molar-refractivity contribution < 1.29 is 8.42 Å². The summed E-state index contributed by atoms with van der Waals surface area (Å²) in [5, 5.41) is 13.4. The maximum atomic E-state index is 11.4. The Morgan fingerprint density at radius 1 is 1.44 bits per heavy atom. The summed E-state index contributed by atoms with van der Waals surface area (Å²) in [6, 6.07) is 2.02. The van der Waals surface area contributed by atoms with Crippen molar-refractivity contribution in [2.75, 3.05) is 11.5 Å². The second-order valence-corrected chi connectivity index (χ2v) is 6.76. The van der Waals surface area contributed by atoms with E-state index in [9.17, 15) is 8.42 Å². The molecule has 0 saturated heterocycles. The lowest BCUT2D eigenvalue weighted by atomic mass is 10.2. The standard InChI is InChI=1S/C11H16ClN3O2S/c1-3-5-10-9(8-13)11(12)15(14-10)6-7-18(16,17)4-2/h3-7H2,1-2H3. The number of hydrogen-bond acceptors (Lipinski definition) is 4. The minimum Gasteiger partial charge on any atom is -0.251 e. The molecule has 18 heavy (non-hydrogen) atoms. The number of nitriles is 1. The molecule has 0 aromatic carbocycles. The first-order valence-corrected chi connectivity index (χ1v) is 8.00. The summed E-state index contributed by atoms with van der Waals surface area (Å²) in [4.78, 5) is 0. The molecule has 1 rings (SSSR count). The molecule has 0 aliphatic carbocycles. The maximum absolute atomic E-state index is 11.4. The smallest absolute Gasteiger partial charge is 0.151 e. The molecule has 0 unspecified atom stereocenters. The van der Waals surface area contributed by atoms with Gasteiger partial charge in [0.15, 0.2) is 9.84 Å². The predicted molar refractivity (Wildman–Crippen MR) is 70.3 cm³/mol. The van der Waals surface area contributed by atoms with Gasteiger partial charge in [0.25, 0.3) is 0 Å². The zero-order valence-corrected chi connectivity index (χ0v) is 12.1. The molecule has 1 heterocycles. The Morgan fingerprint density at radius 2 is 2.11 bits per heavy atom. The van der Waals surface area contributed by atoms with E-state index in [0.29, 0.717) is 17.7 Å². The summed E-state index contributed by atoms with van der Waals surface area (Å²) >= 11 is 6.02. The van der Waals surface area contributed by atoms with Gasteiger partial charge in [-0.3, -0.25) is 4.68 Å². The van der Waals surface area contributed by atoms with Gasteiger partial charge >= 0.3 is 0 Å². The molecule has 100 valence electrons. The quantitative estimate of drug-likeness (QED) is 0.800. The first kappa shape index (κ1) is 15.0. The Hall–Kier alpha value is -1.06. The molecule has 0 spiro atoms. The van der Waals surface area contributed by atoms with Crippen molar-refractivity contribution in [1.29, 1.82) is 5.26 Å². The summed E-state index contributed by atoms with van der Waals surface area (Å²) < 4.78 is 24.2. The number of aryl methyl sites for hydroxylation is 2. The summed E-state index contributed by atoms with van der Waals surface area (Å²) in [5.74, 6) is 0.0835. The molecular weight excluding hydrogens is 274 g/mol. The lowest BCUT2D eigenvalue weighted by Crippen LogP contribution is -2.15. The highest BCUT2D eigenvalue weighted by atomic mass is 35.5. The van der Waals surface area contributed by atoms with Gasteiger partial charge in [0, 0.05) is 5.75 Å². The molecule has 0 bridgehead atoms. The third-order valence-electron chi connectivity index (χ3n) is 2.62. The molecular formula is C11H16ClN3O2S. The van der Waals surface area contributed by atoms with Gasteiger partial charge in [0.2, 0.25) is 0 Å². The van der Waals surface area contributed by atoms with Crippen LogP contribution in [0, 0.1) is 11.3 Å². The van der Waals surface area contributed by atoms with Crippen molar-refractivity contribution in [3.05, 3.63) is 16.4 Å². The van der Waals surface area contributed by atoms with Gasteiger partial charge in [-0.15, -0.1) is 0 Å². The fourth-order valence-electron chi connectivity index (χ4n) is 1.53. The van der Waals surface area contributed by atoms with Gasteiger partial charge < -0.3 is 0 Å². The number of nitrogens with zero attached hydrogens (tertiary/aromatic N) is 3. The van der Waals surface area contributed by atoms with Crippen molar-refractivity contribution in [3.63, 3.8) is 0 Å². The van der Waals surface area contributed by atoms with E-state index in [1.807, 2.05) is 13.0 Å². The largest absolute Gasteiger partial charge is 0.251 e. The maximum Gasteiger partial charge on any atom is 0.151 e. The van der Waals surface area contributed by atoms with Crippen LogP contribution in [-0.4, -0.2) is 29.7 Å². The van der Waals surface area contributed by atoms with Gasteiger partial charge in [0.1, 0.15) is 16.8 Å². The second-order valence-electron chi connectivity index (χ2n) is 3.93. The minimum absolute atomic E-state index is 0.0126. The van der Waals surface area contributed by atoms with Crippen LogP contribution in [0.3, 0.4) is 0 Å². The highest BCUT2D eigenvalue weighted by Crippen LogP contribution is 2.20. The van der Waals surface area contributed by atoms with Crippen molar-refractivity contribution in [2.45, 2.75) is 33.2 Å². The highest BCUT2D eigenvalue weighted by Gasteiger charge is 2.17. The van der Waals surface area contributed by atoms with Crippen LogP contribution < -0.4 is 0 Å². The molecule has 0 N–H and O–H groups in total. The van der Waals surface area contributed by atoms with Crippen molar-refractivity contribution >= 4 is 21.4 Å². The summed E-state index contributed by atoms with van der Waals surface area (Å²) in [7, 11) is -3.06. The second kappa shape index (κ2) is 6.21. The van der Waals surface area contributed by atoms with Gasteiger partial charge in [-0.25, -0.2) is 8.42 Å². The van der Waals surface area contributed by atoms with E-state index in [0.717, 1.165) is 6.42 Å². The molecule has 0 saturated carbocycles. The van der Waals surface area contributed by atoms with Crippen molar-refractivity contribution in [1.82, 2.24) is 9.78 Å². The van der Waals surface area contributed by atoms with Crippen LogP contribution in [0.25, 0.3) is 0 Å². The average molecular weight is 290 g/mol. The number of sulfone groups is 1. The lowest BCUT2D eigenvalue weighted by molar-refractivity contribution is 0.580. The SMILES string of the molecule is CCCc1nn(CCS(=O)(=O)CC)c(Cl)c1C#N. The Kier molecular flexibility index (Phi) is 5.17. The van der Waals surface area contributed by atoms with Crippen LogP contribution in [0.1, 0.15) is 31.5 Å². The summed E-state index contributed by atoms with van der Waals surface area (Å²) in [6.07, 6.45) is 1.52. The van der Waals surface area contributed by atoms with Crippen molar-refractivity contribution in [2.24, 2.45) is 0 Å². The summed E-state index contributed by atoms with van der Waals surface area (Å²) in [5.41, 5.74) is 0.992. The van der Waals surface area contributed by atoms with E-state index >= 15 is 0 Å². The van der Waals surface area contributed by atoms with Gasteiger partial charge in [0.05, 0.1) is 18.0 Å².